The maximum Gasteiger partial charge on any atom is 0.255 e. The molecule has 1 aliphatic rings. The molecule has 3 aromatic rings. The summed E-state index contributed by atoms with van der Waals surface area (Å²) in [5.41, 5.74) is 1.27. The predicted molar refractivity (Wildman–Crippen MR) is 154 cm³/mol. The van der Waals surface area contributed by atoms with E-state index in [0.717, 1.165) is 16.3 Å². The smallest absolute Gasteiger partial charge is 0.255 e. The second kappa shape index (κ2) is 13.5. The van der Waals surface area contributed by atoms with Gasteiger partial charge in [-0.15, -0.1) is 0 Å². The van der Waals surface area contributed by atoms with E-state index in [9.17, 15) is 14.4 Å². The van der Waals surface area contributed by atoms with Gasteiger partial charge in [-0.2, -0.15) is 0 Å². The van der Waals surface area contributed by atoms with Gasteiger partial charge < -0.3 is 20.3 Å². The lowest BCUT2D eigenvalue weighted by Gasteiger charge is -2.25. The van der Waals surface area contributed by atoms with Crippen molar-refractivity contribution in [3.63, 3.8) is 0 Å². The average Bonchev–Trinajstić information content (AvgIpc) is 2.90. The van der Waals surface area contributed by atoms with Crippen LogP contribution in [-0.4, -0.2) is 54.9 Å². The van der Waals surface area contributed by atoms with Crippen LogP contribution in [0, 0.1) is 5.92 Å². The van der Waals surface area contributed by atoms with Crippen molar-refractivity contribution in [3.05, 3.63) is 76.8 Å². The number of halogens is 1. The van der Waals surface area contributed by atoms with Crippen molar-refractivity contribution < 1.29 is 19.1 Å². The van der Waals surface area contributed by atoms with Gasteiger partial charge >= 0.3 is 0 Å². The van der Waals surface area contributed by atoms with Crippen LogP contribution in [0.25, 0.3) is 10.8 Å². The summed E-state index contributed by atoms with van der Waals surface area (Å²) in [6.07, 6.45) is 2.19. The molecule has 2 N–H and O–H groups in total. The highest BCUT2D eigenvalue weighted by molar-refractivity contribution is 6.31. The Morgan fingerprint density at radius 3 is 2.64 bits per heavy atom. The Morgan fingerprint density at radius 2 is 1.85 bits per heavy atom. The van der Waals surface area contributed by atoms with E-state index >= 15 is 0 Å². The van der Waals surface area contributed by atoms with Gasteiger partial charge in [0.05, 0.1) is 24.6 Å². The van der Waals surface area contributed by atoms with Crippen molar-refractivity contribution in [3.8, 4) is 5.75 Å². The molecule has 0 aromatic heterocycles. The van der Waals surface area contributed by atoms with Crippen LogP contribution in [0.4, 0.5) is 0 Å². The van der Waals surface area contributed by atoms with Gasteiger partial charge in [-0.05, 0) is 59.7 Å². The minimum Gasteiger partial charge on any atom is -0.491 e. The van der Waals surface area contributed by atoms with E-state index in [4.69, 9.17) is 16.3 Å². The third-order valence-electron chi connectivity index (χ3n) is 6.74. The summed E-state index contributed by atoms with van der Waals surface area (Å²) in [5, 5.41) is 8.62. The summed E-state index contributed by atoms with van der Waals surface area (Å²) in [5.74, 6) is 0.127. The largest absolute Gasteiger partial charge is 0.491 e. The fourth-order valence-corrected chi connectivity index (χ4v) is 5.00. The van der Waals surface area contributed by atoms with Gasteiger partial charge in [-0.3, -0.25) is 14.4 Å². The Hall–Kier alpha value is -3.58. The molecule has 0 unspecified atom stereocenters. The zero-order valence-electron chi connectivity index (χ0n) is 22.5. The minimum absolute atomic E-state index is 0.0282. The van der Waals surface area contributed by atoms with E-state index in [-0.39, 0.29) is 43.3 Å². The number of carbonyl (C=O) groups excluding carboxylic acids is 3. The SMILES string of the molecule is CC(C)C[C@H]1COc2ccc(Cl)cc2C(=O)NCCCCN(C(=O)Cc2ccc3ccccc3c2)CC(=O)N1. The number of carbonyl (C=O) groups is 3. The van der Waals surface area contributed by atoms with Crippen molar-refractivity contribution in [2.45, 2.75) is 45.6 Å². The Kier molecular flexibility index (Phi) is 9.82. The summed E-state index contributed by atoms with van der Waals surface area (Å²) in [6, 6.07) is 18.7. The highest BCUT2D eigenvalue weighted by atomic mass is 35.5. The van der Waals surface area contributed by atoms with Crippen LogP contribution in [0.3, 0.4) is 0 Å². The number of benzene rings is 3. The molecule has 1 aliphatic heterocycles. The Bertz CT molecular complexity index is 1330. The van der Waals surface area contributed by atoms with Gasteiger partial charge in [0.25, 0.3) is 5.91 Å². The molecule has 0 saturated heterocycles. The minimum atomic E-state index is -0.286. The number of ether oxygens (including phenoxy) is 1. The van der Waals surface area contributed by atoms with E-state index in [0.29, 0.717) is 54.6 Å². The molecular formula is C31H36ClN3O4. The van der Waals surface area contributed by atoms with Crippen molar-refractivity contribution in [2.75, 3.05) is 26.2 Å². The number of nitrogens with one attached hydrogen (secondary N) is 2. The van der Waals surface area contributed by atoms with Gasteiger partial charge in [-0.1, -0.05) is 67.9 Å². The summed E-state index contributed by atoms with van der Waals surface area (Å²) < 4.78 is 6.02. The molecule has 0 aliphatic carbocycles. The molecule has 4 rings (SSSR count). The first-order valence-electron chi connectivity index (χ1n) is 13.5. The Balaban J connectivity index is 1.51. The molecule has 0 saturated carbocycles. The zero-order chi connectivity index (χ0) is 27.8. The monoisotopic (exact) mass is 549 g/mol. The number of rotatable bonds is 4. The van der Waals surface area contributed by atoms with Crippen LogP contribution in [0.1, 0.15) is 49.0 Å². The highest BCUT2D eigenvalue weighted by Gasteiger charge is 2.22. The summed E-state index contributed by atoms with van der Waals surface area (Å²) in [7, 11) is 0. The van der Waals surface area contributed by atoms with Crippen molar-refractivity contribution in [1.29, 1.82) is 0 Å². The molecule has 39 heavy (non-hydrogen) atoms. The standard InChI is InChI=1S/C31H36ClN3O4/c1-21(2)15-26-20-39-28-12-11-25(32)18-27(28)31(38)33-13-5-6-14-35(19-29(36)34-26)30(37)17-22-9-10-23-7-3-4-8-24(23)16-22/h3-4,7-12,16,18,21,26H,5-6,13-15,17,19-20H2,1-2H3,(H,33,38)(H,34,36)/t26-/m0/s1. The van der Waals surface area contributed by atoms with Crippen LogP contribution in [-0.2, 0) is 16.0 Å². The highest BCUT2D eigenvalue weighted by Crippen LogP contribution is 2.24. The summed E-state index contributed by atoms with van der Waals surface area (Å²) in [6.45, 7) is 5.16. The third-order valence-corrected chi connectivity index (χ3v) is 6.98. The maximum atomic E-state index is 13.4. The Labute approximate surface area is 234 Å². The lowest BCUT2D eigenvalue weighted by molar-refractivity contribution is -0.136. The number of amides is 3. The van der Waals surface area contributed by atoms with E-state index in [1.54, 1.807) is 23.1 Å². The normalized spacial score (nSPS) is 17.4. The quantitative estimate of drug-likeness (QED) is 0.479. The second-order valence-corrected chi connectivity index (χ2v) is 10.9. The van der Waals surface area contributed by atoms with Crippen LogP contribution in [0.5, 0.6) is 5.75 Å². The summed E-state index contributed by atoms with van der Waals surface area (Å²) >= 11 is 6.16. The maximum absolute atomic E-state index is 13.4. The fourth-order valence-electron chi connectivity index (χ4n) is 4.83. The van der Waals surface area contributed by atoms with Crippen LogP contribution in [0.15, 0.2) is 60.7 Å². The first-order chi connectivity index (χ1) is 18.8. The van der Waals surface area contributed by atoms with Gasteiger partial charge in [0.15, 0.2) is 0 Å². The molecular weight excluding hydrogens is 514 g/mol. The van der Waals surface area contributed by atoms with Crippen molar-refractivity contribution in [1.82, 2.24) is 15.5 Å². The molecule has 1 atom stereocenters. The molecule has 1 heterocycles. The molecule has 0 radical (unpaired) electrons. The summed E-state index contributed by atoms with van der Waals surface area (Å²) in [4.78, 5) is 41.0. The van der Waals surface area contributed by atoms with Crippen molar-refractivity contribution >= 4 is 40.1 Å². The van der Waals surface area contributed by atoms with Gasteiger partial charge in [0.1, 0.15) is 12.4 Å². The van der Waals surface area contributed by atoms with E-state index in [2.05, 4.69) is 24.5 Å². The number of hydrogen-bond acceptors (Lipinski definition) is 4. The van der Waals surface area contributed by atoms with Gasteiger partial charge in [0.2, 0.25) is 11.8 Å². The number of fused-ring (bicyclic) bond motifs is 2. The average molecular weight is 550 g/mol. The molecule has 3 aromatic carbocycles. The van der Waals surface area contributed by atoms with Crippen LogP contribution >= 0.6 is 11.6 Å². The number of nitrogens with zero attached hydrogens (tertiary/aromatic N) is 1. The Morgan fingerprint density at radius 1 is 1.05 bits per heavy atom. The molecule has 7 nitrogen and oxygen atoms in total. The first-order valence-corrected chi connectivity index (χ1v) is 13.9. The van der Waals surface area contributed by atoms with Crippen LogP contribution in [0.2, 0.25) is 5.02 Å². The molecule has 206 valence electrons. The first kappa shape index (κ1) is 28.4. The van der Waals surface area contributed by atoms with Gasteiger partial charge in [0, 0.05) is 18.1 Å². The molecule has 0 fully saturated rings. The second-order valence-electron chi connectivity index (χ2n) is 10.5. The molecule has 0 spiro atoms. The number of hydrogen-bond donors (Lipinski definition) is 2. The van der Waals surface area contributed by atoms with E-state index in [1.807, 2.05) is 42.5 Å². The van der Waals surface area contributed by atoms with Crippen LogP contribution < -0.4 is 15.4 Å². The fraction of sp³-hybridized carbons (Fsp3) is 0.387. The van der Waals surface area contributed by atoms with Crippen molar-refractivity contribution in [2.24, 2.45) is 5.92 Å². The van der Waals surface area contributed by atoms with E-state index in [1.165, 1.54) is 0 Å². The zero-order valence-corrected chi connectivity index (χ0v) is 23.3. The van der Waals surface area contributed by atoms with E-state index < -0.39 is 0 Å². The third kappa shape index (κ3) is 8.20. The lowest BCUT2D eigenvalue weighted by atomic mass is 10.0. The molecule has 3 amide bonds. The molecule has 0 bridgehead atoms. The topological polar surface area (TPSA) is 87.7 Å². The van der Waals surface area contributed by atoms with Gasteiger partial charge in [-0.25, -0.2) is 0 Å². The predicted octanol–water partition coefficient (Wildman–Crippen LogP) is 5.00. The molecule has 8 heteroatoms. The lowest BCUT2D eigenvalue weighted by Crippen LogP contribution is -2.47.